The van der Waals surface area contributed by atoms with Gasteiger partial charge in [-0.2, -0.15) is 0 Å². The molecule has 0 aromatic rings. The first-order valence-corrected chi connectivity index (χ1v) is 5.72. The van der Waals surface area contributed by atoms with Crippen LogP contribution in [0.15, 0.2) is 0 Å². The Kier molecular flexibility index (Phi) is 3.26. The van der Waals surface area contributed by atoms with Gasteiger partial charge in [-0.1, -0.05) is 0 Å². The summed E-state index contributed by atoms with van der Waals surface area (Å²) in [6.45, 7) is 3.26. The van der Waals surface area contributed by atoms with Crippen molar-refractivity contribution < 1.29 is 14.6 Å². The Hall–Kier alpha value is -0.610. The summed E-state index contributed by atoms with van der Waals surface area (Å²) >= 11 is 0. The highest BCUT2D eigenvalue weighted by atomic mass is 16.5. The lowest BCUT2D eigenvalue weighted by Gasteiger charge is -2.31. The molecule has 1 aliphatic carbocycles. The van der Waals surface area contributed by atoms with E-state index in [1.54, 1.807) is 0 Å². The summed E-state index contributed by atoms with van der Waals surface area (Å²) in [6.07, 6.45) is 2.57. The second-order valence-electron chi connectivity index (χ2n) is 4.81. The van der Waals surface area contributed by atoms with Crippen LogP contribution in [0.25, 0.3) is 0 Å². The largest absolute Gasteiger partial charge is 0.393 e. The standard InChI is InChI=1S/C11H19NO3/c1-7-2-9(6-15-7)11(14)12-5-8-3-10(13)4-8/h7-10,13H,2-6H2,1H3,(H,12,14). The average molecular weight is 213 g/mol. The smallest absolute Gasteiger partial charge is 0.225 e. The van der Waals surface area contributed by atoms with E-state index in [1.807, 2.05) is 6.92 Å². The minimum Gasteiger partial charge on any atom is -0.393 e. The fraction of sp³-hybridized carbons (Fsp3) is 0.909. The number of carbonyl (C=O) groups is 1. The van der Waals surface area contributed by atoms with Crippen LogP contribution in [0, 0.1) is 11.8 Å². The van der Waals surface area contributed by atoms with Crippen LogP contribution >= 0.6 is 0 Å². The molecule has 2 N–H and O–H groups in total. The molecule has 1 saturated carbocycles. The zero-order chi connectivity index (χ0) is 10.8. The number of hydrogen-bond acceptors (Lipinski definition) is 3. The summed E-state index contributed by atoms with van der Waals surface area (Å²) in [4.78, 5) is 11.7. The highest BCUT2D eigenvalue weighted by Crippen LogP contribution is 2.26. The second-order valence-corrected chi connectivity index (χ2v) is 4.81. The molecule has 0 aromatic carbocycles. The third kappa shape index (κ3) is 2.69. The Labute approximate surface area is 90.0 Å². The first-order valence-electron chi connectivity index (χ1n) is 5.72. The van der Waals surface area contributed by atoms with Crippen LogP contribution in [-0.2, 0) is 9.53 Å². The first-order chi connectivity index (χ1) is 7.15. The maximum atomic E-state index is 11.7. The molecule has 2 aliphatic rings. The fourth-order valence-corrected chi connectivity index (χ4v) is 2.26. The van der Waals surface area contributed by atoms with Crippen LogP contribution in [0.3, 0.4) is 0 Å². The van der Waals surface area contributed by atoms with Gasteiger partial charge in [0.15, 0.2) is 0 Å². The van der Waals surface area contributed by atoms with Gasteiger partial charge in [-0.15, -0.1) is 0 Å². The van der Waals surface area contributed by atoms with Crippen molar-refractivity contribution in [1.82, 2.24) is 5.32 Å². The molecule has 2 rings (SSSR count). The van der Waals surface area contributed by atoms with Crippen molar-refractivity contribution in [3.63, 3.8) is 0 Å². The SMILES string of the molecule is CC1CC(C(=O)NCC2CC(O)C2)CO1. The molecule has 0 bridgehead atoms. The molecular weight excluding hydrogens is 194 g/mol. The molecule has 1 heterocycles. The molecule has 0 spiro atoms. The van der Waals surface area contributed by atoms with Gasteiger partial charge in [0.05, 0.1) is 24.7 Å². The van der Waals surface area contributed by atoms with E-state index in [9.17, 15) is 4.79 Å². The average Bonchev–Trinajstić information content (AvgIpc) is 2.57. The highest BCUT2D eigenvalue weighted by molar-refractivity contribution is 5.79. The number of ether oxygens (including phenoxy) is 1. The predicted molar refractivity (Wildman–Crippen MR) is 55.3 cm³/mol. The maximum Gasteiger partial charge on any atom is 0.225 e. The first kappa shape index (κ1) is 10.9. The minimum atomic E-state index is -0.137. The number of aliphatic hydroxyl groups is 1. The molecule has 0 radical (unpaired) electrons. The number of aliphatic hydroxyl groups excluding tert-OH is 1. The van der Waals surface area contributed by atoms with Crippen molar-refractivity contribution in [1.29, 1.82) is 0 Å². The molecule has 4 heteroatoms. The third-order valence-electron chi connectivity index (χ3n) is 3.34. The lowest BCUT2D eigenvalue weighted by atomic mass is 9.82. The van der Waals surface area contributed by atoms with E-state index >= 15 is 0 Å². The topological polar surface area (TPSA) is 58.6 Å². The van der Waals surface area contributed by atoms with Crippen LogP contribution in [0.2, 0.25) is 0 Å². The molecule has 1 amide bonds. The van der Waals surface area contributed by atoms with Gasteiger partial charge >= 0.3 is 0 Å². The van der Waals surface area contributed by atoms with E-state index in [0.717, 1.165) is 19.3 Å². The predicted octanol–water partition coefficient (Wildman–Crippen LogP) is 0.298. The Balaban J connectivity index is 1.64. The molecule has 4 nitrogen and oxygen atoms in total. The summed E-state index contributed by atoms with van der Waals surface area (Å²) in [5.41, 5.74) is 0. The van der Waals surface area contributed by atoms with Crippen molar-refractivity contribution >= 4 is 5.91 Å². The number of hydrogen-bond donors (Lipinski definition) is 2. The molecule has 2 unspecified atom stereocenters. The van der Waals surface area contributed by atoms with E-state index in [2.05, 4.69) is 5.32 Å². The second kappa shape index (κ2) is 4.49. The van der Waals surface area contributed by atoms with Gasteiger partial charge in [0.1, 0.15) is 0 Å². The summed E-state index contributed by atoms with van der Waals surface area (Å²) in [5, 5.41) is 12.0. The normalized spacial score (nSPS) is 39.9. The number of amides is 1. The van der Waals surface area contributed by atoms with Crippen LogP contribution in [0.1, 0.15) is 26.2 Å². The highest BCUT2D eigenvalue weighted by Gasteiger charge is 2.31. The monoisotopic (exact) mass is 213 g/mol. The van der Waals surface area contributed by atoms with Gasteiger partial charge in [-0.25, -0.2) is 0 Å². The van der Waals surface area contributed by atoms with Crippen molar-refractivity contribution in [3.8, 4) is 0 Å². The van der Waals surface area contributed by atoms with E-state index in [-0.39, 0.29) is 24.0 Å². The molecule has 2 fully saturated rings. The minimum absolute atomic E-state index is 0.0324. The lowest BCUT2D eigenvalue weighted by Crippen LogP contribution is -2.40. The van der Waals surface area contributed by atoms with Crippen molar-refractivity contribution in [3.05, 3.63) is 0 Å². The number of carbonyl (C=O) groups excluding carboxylic acids is 1. The van der Waals surface area contributed by atoms with Crippen LogP contribution in [0.4, 0.5) is 0 Å². The van der Waals surface area contributed by atoms with E-state index in [1.165, 1.54) is 0 Å². The van der Waals surface area contributed by atoms with E-state index in [4.69, 9.17) is 9.84 Å². The van der Waals surface area contributed by atoms with Gasteiger partial charge in [0.25, 0.3) is 0 Å². The van der Waals surface area contributed by atoms with E-state index < -0.39 is 0 Å². The Bertz CT molecular complexity index is 238. The number of rotatable bonds is 3. The van der Waals surface area contributed by atoms with Gasteiger partial charge < -0.3 is 15.2 Å². The Morgan fingerprint density at radius 1 is 1.47 bits per heavy atom. The molecule has 1 saturated heterocycles. The van der Waals surface area contributed by atoms with Gasteiger partial charge in [0, 0.05) is 6.54 Å². The molecule has 1 aliphatic heterocycles. The third-order valence-corrected chi connectivity index (χ3v) is 3.34. The number of nitrogens with one attached hydrogen (secondary N) is 1. The fourth-order valence-electron chi connectivity index (χ4n) is 2.26. The van der Waals surface area contributed by atoms with Crippen molar-refractivity contribution in [2.45, 2.75) is 38.4 Å². The van der Waals surface area contributed by atoms with Gasteiger partial charge in [-0.05, 0) is 32.1 Å². The Morgan fingerprint density at radius 3 is 2.73 bits per heavy atom. The zero-order valence-electron chi connectivity index (χ0n) is 9.11. The summed E-state index contributed by atoms with van der Waals surface area (Å²) in [6, 6.07) is 0. The quantitative estimate of drug-likeness (QED) is 0.709. The zero-order valence-corrected chi connectivity index (χ0v) is 9.11. The molecule has 0 aromatic heterocycles. The maximum absolute atomic E-state index is 11.7. The van der Waals surface area contributed by atoms with E-state index in [0.29, 0.717) is 19.1 Å². The molecule has 15 heavy (non-hydrogen) atoms. The van der Waals surface area contributed by atoms with Crippen LogP contribution in [-0.4, -0.2) is 36.4 Å². The van der Waals surface area contributed by atoms with Gasteiger partial charge in [0.2, 0.25) is 5.91 Å². The summed E-state index contributed by atoms with van der Waals surface area (Å²) in [7, 11) is 0. The van der Waals surface area contributed by atoms with Crippen molar-refractivity contribution in [2.75, 3.05) is 13.2 Å². The molecular formula is C11H19NO3. The molecule has 86 valence electrons. The molecule has 2 atom stereocenters. The summed E-state index contributed by atoms with van der Waals surface area (Å²) in [5.74, 6) is 0.620. The van der Waals surface area contributed by atoms with Crippen LogP contribution < -0.4 is 5.32 Å². The van der Waals surface area contributed by atoms with Gasteiger partial charge in [-0.3, -0.25) is 4.79 Å². The lowest BCUT2D eigenvalue weighted by molar-refractivity contribution is -0.125. The van der Waals surface area contributed by atoms with Crippen LogP contribution in [0.5, 0.6) is 0 Å². The summed E-state index contributed by atoms with van der Waals surface area (Å²) < 4.78 is 5.35. The van der Waals surface area contributed by atoms with Crippen molar-refractivity contribution in [2.24, 2.45) is 11.8 Å². The Morgan fingerprint density at radius 2 is 2.20 bits per heavy atom.